The second kappa shape index (κ2) is 3.54. The maximum absolute atomic E-state index is 5.83. The molecule has 0 bridgehead atoms. The van der Waals surface area contributed by atoms with Gasteiger partial charge in [-0.05, 0) is 41.5 Å². The van der Waals surface area contributed by atoms with E-state index in [-0.39, 0.29) is 0 Å². The fraction of sp³-hybridized carbons (Fsp3) is 0.400. The molecule has 1 aliphatic rings. The van der Waals surface area contributed by atoms with E-state index in [1.165, 1.54) is 10.9 Å². The summed E-state index contributed by atoms with van der Waals surface area (Å²) in [5, 5.41) is 1.23. The van der Waals surface area contributed by atoms with Crippen LogP contribution in [0.5, 0.6) is 0 Å². The van der Waals surface area contributed by atoms with E-state index in [0.717, 1.165) is 12.1 Å². The van der Waals surface area contributed by atoms with Crippen molar-refractivity contribution in [3.8, 4) is 0 Å². The zero-order valence-electron chi connectivity index (χ0n) is 10.4. The predicted octanol–water partition coefficient (Wildman–Crippen LogP) is 2.93. The molecular weight excluding hydrogens is 208 g/mol. The van der Waals surface area contributed by atoms with Crippen LogP contribution >= 0.6 is 0 Å². The molecule has 1 fully saturated rings. The van der Waals surface area contributed by atoms with E-state index in [1.807, 2.05) is 12.3 Å². The van der Waals surface area contributed by atoms with Crippen LogP contribution in [0.25, 0.3) is 10.9 Å². The van der Waals surface area contributed by atoms with Gasteiger partial charge in [0.2, 0.25) is 0 Å². The summed E-state index contributed by atoms with van der Waals surface area (Å²) in [6, 6.07) is 10.5. The average molecular weight is 226 g/mol. The number of hydrogen-bond donors (Lipinski definition) is 1. The second-order valence-corrected chi connectivity index (χ2v) is 5.60. The molecule has 3 rings (SSSR count). The monoisotopic (exact) mass is 226 g/mol. The summed E-state index contributed by atoms with van der Waals surface area (Å²) in [6.07, 6.45) is 2.02. The van der Waals surface area contributed by atoms with Crippen molar-refractivity contribution < 1.29 is 0 Å². The standard InChI is InChI=1S/C15H18N2/c1-15(2)12(8-16)14(15)11-7-10-5-3-4-6-13(10)17-9-11/h3-7,9,12,14H,8,16H2,1-2H3/t12-,14-/m0/s1. The van der Waals surface area contributed by atoms with Crippen LogP contribution in [-0.4, -0.2) is 11.5 Å². The Morgan fingerprint density at radius 2 is 2.06 bits per heavy atom. The molecule has 2 nitrogen and oxygen atoms in total. The highest BCUT2D eigenvalue weighted by atomic mass is 14.7. The highest BCUT2D eigenvalue weighted by Gasteiger charge is 2.57. The molecule has 1 aromatic carbocycles. The summed E-state index contributed by atoms with van der Waals surface area (Å²) in [5.74, 6) is 1.18. The summed E-state index contributed by atoms with van der Waals surface area (Å²) in [7, 11) is 0. The van der Waals surface area contributed by atoms with Gasteiger partial charge in [0.05, 0.1) is 5.52 Å². The molecule has 0 saturated heterocycles. The second-order valence-electron chi connectivity index (χ2n) is 5.60. The number of rotatable bonds is 2. The largest absolute Gasteiger partial charge is 0.330 e. The normalized spacial score (nSPS) is 26.1. The van der Waals surface area contributed by atoms with Gasteiger partial charge >= 0.3 is 0 Å². The Bertz CT molecular complexity index is 560. The van der Waals surface area contributed by atoms with Gasteiger partial charge in [-0.1, -0.05) is 32.0 Å². The van der Waals surface area contributed by atoms with Crippen molar-refractivity contribution in [1.82, 2.24) is 4.98 Å². The highest BCUT2D eigenvalue weighted by Crippen LogP contribution is 2.63. The molecule has 0 spiro atoms. The molecule has 88 valence electrons. The fourth-order valence-electron chi connectivity index (χ4n) is 3.10. The van der Waals surface area contributed by atoms with Crippen LogP contribution in [0.15, 0.2) is 36.5 Å². The van der Waals surface area contributed by atoms with Crippen LogP contribution in [-0.2, 0) is 0 Å². The molecule has 1 saturated carbocycles. The van der Waals surface area contributed by atoms with E-state index in [9.17, 15) is 0 Å². The molecule has 2 aromatic rings. The molecule has 2 heteroatoms. The van der Waals surface area contributed by atoms with Gasteiger partial charge in [-0.3, -0.25) is 4.98 Å². The SMILES string of the molecule is CC1(C)[C@@H](CN)[C@@H]1c1cnc2ccccc2c1. The third-order valence-electron chi connectivity index (χ3n) is 4.28. The first-order chi connectivity index (χ1) is 8.14. The topological polar surface area (TPSA) is 38.9 Å². The van der Waals surface area contributed by atoms with Gasteiger partial charge in [0.15, 0.2) is 0 Å². The van der Waals surface area contributed by atoms with E-state index in [4.69, 9.17) is 5.73 Å². The Morgan fingerprint density at radius 1 is 1.29 bits per heavy atom. The molecule has 1 heterocycles. The van der Waals surface area contributed by atoms with Crippen molar-refractivity contribution in [1.29, 1.82) is 0 Å². The number of para-hydroxylation sites is 1. The zero-order chi connectivity index (χ0) is 12.0. The summed E-state index contributed by atoms with van der Waals surface area (Å²) in [6.45, 7) is 5.36. The molecule has 0 amide bonds. The molecule has 0 aliphatic heterocycles. The maximum atomic E-state index is 5.83. The lowest BCUT2D eigenvalue weighted by atomic mass is 10.0. The Kier molecular flexibility index (Phi) is 2.23. The molecule has 17 heavy (non-hydrogen) atoms. The van der Waals surface area contributed by atoms with Crippen molar-refractivity contribution in [2.45, 2.75) is 19.8 Å². The number of benzene rings is 1. The number of pyridine rings is 1. The average Bonchev–Trinajstić information content (AvgIpc) is 2.90. The lowest BCUT2D eigenvalue weighted by Crippen LogP contribution is -2.05. The van der Waals surface area contributed by atoms with Gasteiger partial charge in [-0.25, -0.2) is 0 Å². The number of nitrogens with two attached hydrogens (primary N) is 1. The number of hydrogen-bond acceptors (Lipinski definition) is 2. The van der Waals surface area contributed by atoms with Crippen molar-refractivity contribution in [2.75, 3.05) is 6.54 Å². The lowest BCUT2D eigenvalue weighted by molar-refractivity contribution is 0.558. The molecule has 1 aliphatic carbocycles. The van der Waals surface area contributed by atoms with Gasteiger partial charge < -0.3 is 5.73 Å². The molecule has 2 atom stereocenters. The first-order valence-corrected chi connectivity index (χ1v) is 6.19. The van der Waals surface area contributed by atoms with E-state index in [1.54, 1.807) is 0 Å². The quantitative estimate of drug-likeness (QED) is 0.855. The molecule has 2 N–H and O–H groups in total. The maximum Gasteiger partial charge on any atom is 0.0702 e. The summed E-state index contributed by atoms with van der Waals surface area (Å²) in [4.78, 5) is 4.54. The number of aromatic nitrogens is 1. The Balaban J connectivity index is 2.03. The Morgan fingerprint density at radius 3 is 2.76 bits per heavy atom. The first-order valence-electron chi connectivity index (χ1n) is 6.19. The molecule has 0 unspecified atom stereocenters. The number of fused-ring (bicyclic) bond motifs is 1. The third kappa shape index (κ3) is 1.55. The van der Waals surface area contributed by atoms with Gasteiger partial charge in [0.1, 0.15) is 0 Å². The predicted molar refractivity (Wildman–Crippen MR) is 70.8 cm³/mol. The van der Waals surface area contributed by atoms with Crippen LogP contribution in [0.4, 0.5) is 0 Å². The smallest absolute Gasteiger partial charge is 0.0702 e. The summed E-state index contributed by atoms with van der Waals surface area (Å²) in [5.41, 5.74) is 8.57. The zero-order valence-corrected chi connectivity index (χ0v) is 10.4. The minimum absolute atomic E-state index is 0.332. The molecule has 1 aromatic heterocycles. The van der Waals surface area contributed by atoms with Gasteiger partial charge in [0.25, 0.3) is 0 Å². The van der Waals surface area contributed by atoms with Crippen molar-refractivity contribution in [2.24, 2.45) is 17.1 Å². The fourth-order valence-corrected chi connectivity index (χ4v) is 3.10. The summed E-state index contributed by atoms with van der Waals surface area (Å²) < 4.78 is 0. The van der Waals surface area contributed by atoms with Crippen LogP contribution < -0.4 is 5.73 Å². The highest BCUT2D eigenvalue weighted by molar-refractivity contribution is 5.79. The third-order valence-corrected chi connectivity index (χ3v) is 4.28. The van der Waals surface area contributed by atoms with E-state index in [2.05, 4.69) is 43.1 Å². The van der Waals surface area contributed by atoms with E-state index >= 15 is 0 Å². The van der Waals surface area contributed by atoms with Crippen molar-refractivity contribution in [3.05, 3.63) is 42.1 Å². The van der Waals surface area contributed by atoms with Gasteiger partial charge in [-0.2, -0.15) is 0 Å². The van der Waals surface area contributed by atoms with Gasteiger partial charge in [-0.15, -0.1) is 0 Å². The summed E-state index contributed by atoms with van der Waals surface area (Å²) >= 11 is 0. The van der Waals surface area contributed by atoms with E-state index < -0.39 is 0 Å². The van der Waals surface area contributed by atoms with Crippen molar-refractivity contribution >= 4 is 10.9 Å². The van der Waals surface area contributed by atoms with E-state index in [0.29, 0.717) is 17.3 Å². The van der Waals surface area contributed by atoms with Crippen molar-refractivity contribution in [3.63, 3.8) is 0 Å². The van der Waals surface area contributed by atoms with Gasteiger partial charge in [0, 0.05) is 11.6 Å². The van der Waals surface area contributed by atoms with Crippen LogP contribution in [0.1, 0.15) is 25.3 Å². The Labute approximate surface area is 102 Å². The number of nitrogens with zero attached hydrogens (tertiary/aromatic N) is 1. The minimum atomic E-state index is 0.332. The molecule has 0 radical (unpaired) electrons. The lowest BCUT2D eigenvalue weighted by Gasteiger charge is -2.04. The van der Waals surface area contributed by atoms with Crippen LogP contribution in [0.2, 0.25) is 0 Å². The minimum Gasteiger partial charge on any atom is -0.330 e. The van der Waals surface area contributed by atoms with Crippen LogP contribution in [0, 0.1) is 11.3 Å². The Hall–Kier alpha value is -1.41. The van der Waals surface area contributed by atoms with Crippen LogP contribution in [0.3, 0.4) is 0 Å². The first kappa shape index (κ1) is 10.7. The molecular formula is C15H18N2.